The Labute approximate surface area is 163 Å². The minimum Gasteiger partial charge on any atom is -0.444 e. The SMILES string of the molecule is CC1CN(C(C)CNC(=O)C2CCN(C(=O)OC(C)(C)C)CC2)CC(C)O1. The molecular formula is C20H37N3O4. The Morgan fingerprint density at radius 2 is 1.70 bits per heavy atom. The molecule has 2 saturated heterocycles. The zero-order chi connectivity index (χ0) is 20.2. The van der Waals surface area contributed by atoms with Crippen LogP contribution in [0.25, 0.3) is 0 Å². The lowest BCUT2D eigenvalue weighted by molar-refractivity contribution is -0.127. The number of rotatable bonds is 4. The molecule has 0 aliphatic carbocycles. The molecule has 0 aromatic heterocycles. The number of likely N-dealkylation sites (tertiary alicyclic amines) is 1. The molecule has 0 radical (unpaired) electrons. The highest BCUT2D eigenvalue weighted by Crippen LogP contribution is 2.20. The first-order chi connectivity index (χ1) is 12.5. The third kappa shape index (κ3) is 6.96. The van der Waals surface area contributed by atoms with E-state index in [1.54, 1.807) is 4.90 Å². The summed E-state index contributed by atoms with van der Waals surface area (Å²) >= 11 is 0. The van der Waals surface area contributed by atoms with Crippen molar-refractivity contribution in [1.29, 1.82) is 0 Å². The smallest absolute Gasteiger partial charge is 0.410 e. The minimum atomic E-state index is -0.490. The summed E-state index contributed by atoms with van der Waals surface area (Å²) in [4.78, 5) is 28.7. The number of ether oxygens (including phenoxy) is 2. The van der Waals surface area contributed by atoms with Gasteiger partial charge in [-0.3, -0.25) is 9.69 Å². The normalized spacial score (nSPS) is 26.5. The molecule has 7 heteroatoms. The molecule has 2 aliphatic heterocycles. The van der Waals surface area contributed by atoms with Crippen LogP contribution in [0.5, 0.6) is 0 Å². The van der Waals surface area contributed by atoms with E-state index in [0.717, 1.165) is 13.1 Å². The van der Waals surface area contributed by atoms with Gasteiger partial charge in [-0.05, 0) is 54.4 Å². The Kier molecular flexibility index (Phi) is 7.51. The van der Waals surface area contributed by atoms with Gasteiger partial charge < -0.3 is 19.7 Å². The molecule has 2 heterocycles. The summed E-state index contributed by atoms with van der Waals surface area (Å²) in [5.74, 6) is 0.0680. The molecule has 3 unspecified atom stereocenters. The van der Waals surface area contributed by atoms with Crippen molar-refractivity contribution in [2.24, 2.45) is 5.92 Å². The van der Waals surface area contributed by atoms with Crippen molar-refractivity contribution >= 4 is 12.0 Å². The fourth-order valence-corrected chi connectivity index (χ4v) is 3.75. The minimum absolute atomic E-state index is 0.0292. The quantitative estimate of drug-likeness (QED) is 0.806. The molecular weight excluding hydrogens is 346 g/mol. The standard InChI is InChI=1S/C20H37N3O4/c1-14(23-12-15(2)26-16(3)13-23)11-21-18(24)17-7-9-22(10-8-17)19(25)27-20(4,5)6/h14-17H,7-13H2,1-6H3,(H,21,24). The molecule has 2 fully saturated rings. The first kappa shape index (κ1) is 22.0. The van der Waals surface area contributed by atoms with Gasteiger partial charge in [-0.2, -0.15) is 0 Å². The average molecular weight is 384 g/mol. The van der Waals surface area contributed by atoms with Gasteiger partial charge in [0.15, 0.2) is 0 Å². The van der Waals surface area contributed by atoms with Gasteiger partial charge in [-0.1, -0.05) is 0 Å². The van der Waals surface area contributed by atoms with Gasteiger partial charge in [-0.25, -0.2) is 4.79 Å². The van der Waals surface area contributed by atoms with Crippen LogP contribution in [0.3, 0.4) is 0 Å². The lowest BCUT2D eigenvalue weighted by atomic mass is 9.96. The van der Waals surface area contributed by atoms with E-state index in [9.17, 15) is 9.59 Å². The fraction of sp³-hybridized carbons (Fsp3) is 0.900. The third-order valence-electron chi connectivity index (χ3n) is 5.16. The molecule has 0 aromatic carbocycles. The highest BCUT2D eigenvalue weighted by atomic mass is 16.6. The molecule has 0 saturated carbocycles. The van der Waals surface area contributed by atoms with Crippen LogP contribution in [0.15, 0.2) is 0 Å². The van der Waals surface area contributed by atoms with E-state index < -0.39 is 5.60 Å². The molecule has 7 nitrogen and oxygen atoms in total. The Morgan fingerprint density at radius 3 is 2.22 bits per heavy atom. The number of hydrogen-bond donors (Lipinski definition) is 1. The zero-order valence-corrected chi connectivity index (χ0v) is 17.8. The van der Waals surface area contributed by atoms with Crippen LogP contribution in [0.4, 0.5) is 4.79 Å². The summed E-state index contributed by atoms with van der Waals surface area (Å²) < 4.78 is 11.2. The molecule has 2 amide bonds. The predicted molar refractivity (Wildman–Crippen MR) is 105 cm³/mol. The third-order valence-corrected chi connectivity index (χ3v) is 5.16. The molecule has 0 spiro atoms. The first-order valence-corrected chi connectivity index (χ1v) is 10.2. The van der Waals surface area contributed by atoms with Gasteiger partial charge >= 0.3 is 6.09 Å². The number of carbonyl (C=O) groups is 2. The second-order valence-corrected chi connectivity index (χ2v) is 9.05. The maximum absolute atomic E-state index is 12.5. The summed E-state index contributed by atoms with van der Waals surface area (Å²) in [7, 11) is 0. The van der Waals surface area contributed by atoms with Crippen molar-refractivity contribution in [3.63, 3.8) is 0 Å². The summed E-state index contributed by atoms with van der Waals surface area (Å²) in [5, 5.41) is 3.11. The summed E-state index contributed by atoms with van der Waals surface area (Å²) in [6.07, 6.45) is 1.54. The maximum Gasteiger partial charge on any atom is 0.410 e. The number of piperidine rings is 1. The lowest BCUT2D eigenvalue weighted by Gasteiger charge is -2.39. The maximum atomic E-state index is 12.5. The molecule has 2 rings (SSSR count). The van der Waals surface area contributed by atoms with Gasteiger partial charge in [0.05, 0.1) is 12.2 Å². The van der Waals surface area contributed by atoms with Crippen molar-refractivity contribution in [3.8, 4) is 0 Å². The molecule has 156 valence electrons. The zero-order valence-electron chi connectivity index (χ0n) is 17.8. The number of nitrogens with zero attached hydrogens (tertiary/aromatic N) is 2. The van der Waals surface area contributed by atoms with Gasteiger partial charge in [0, 0.05) is 44.7 Å². The van der Waals surface area contributed by atoms with Crippen LogP contribution < -0.4 is 5.32 Å². The Hall–Kier alpha value is -1.34. The molecule has 0 aromatic rings. The van der Waals surface area contributed by atoms with Gasteiger partial charge in [0.25, 0.3) is 0 Å². The number of morpholine rings is 1. The highest BCUT2D eigenvalue weighted by molar-refractivity contribution is 5.79. The lowest BCUT2D eigenvalue weighted by Crippen LogP contribution is -2.53. The van der Waals surface area contributed by atoms with Crippen molar-refractivity contribution in [2.75, 3.05) is 32.7 Å². The molecule has 0 bridgehead atoms. The van der Waals surface area contributed by atoms with Gasteiger partial charge in [-0.15, -0.1) is 0 Å². The van der Waals surface area contributed by atoms with Crippen LogP contribution in [-0.4, -0.2) is 78.4 Å². The number of carbonyl (C=O) groups excluding carboxylic acids is 2. The Balaban J connectivity index is 1.72. The van der Waals surface area contributed by atoms with E-state index in [4.69, 9.17) is 9.47 Å². The van der Waals surface area contributed by atoms with Crippen molar-refractivity contribution < 1.29 is 19.1 Å². The largest absolute Gasteiger partial charge is 0.444 e. The Bertz CT molecular complexity index is 502. The van der Waals surface area contributed by atoms with Crippen LogP contribution in [-0.2, 0) is 14.3 Å². The van der Waals surface area contributed by atoms with Crippen LogP contribution in [0.1, 0.15) is 54.4 Å². The van der Waals surface area contributed by atoms with E-state index in [-0.39, 0.29) is 36.2 Å². The van der Waals surface area contributed by atoms with Crippen molar-refractivity contribution in [2.45, 2.75) is 78.2 Å². The molecule has 3 atom stereocenters. The second kappa shape index (κ2) is 9.24. The average Bonchev–Trinajstić information content (AvgIpc) is 2.57. The predicted octanol–water partition coefficient (Wildman–Crippen LogP) is 2.25. The monoisotopic (exact) mass is 383 g/mol. The summed E-state index contributed by atoms with van der Waals surface area (Å²) in [6, 6.07) is 0.282. The second-order valence-electron chi connectivity index (χ2n) is 9.05. The molecule has 27 heavy (non-hydrogen) atoms. The van der Waals surface area contributed by atoms with Crippen molar-refractivity contribution in [3.05, 3.63) is 0 Å². The van der Waals surface area contributed by atoms with E-state index in [1.807, 2.05) is 20.8 Å². The number of amides is 2. The highest BCUT2D eigenvalue weighted by Gasteiger charge is 2.31. The van der Waals surface area contributed by atoms with E-state index in [1.165, 1.54) is 0 Å². The van der Waals surface area contributed by atoms with E-state index >= 15 is 0 Å². The number of nitrogens with one attached hydrogen (secondary N) is 1. The van der Waals surface area contributed by atoms with Crippen LogP contribution >= 0.6 is 0 Å². The van der Waals surface area contributed by atoms with Crippen molar-refractivity contribution in [1.82, 2.24) is 15.1 Å². The summed E-state index contributed by atoms with van der Waals surface area (Å²) in [6.45, 7) is 15.5. The van der Waals surface area contributed by atoms with Gasteiger partial charge in [0.2, 0.25) is 5.91 Å². The van der Waals surface area contributed by atoms with E-state index in [0.29, 0.717) is 32.5 Å². The van der Waals surface area contributed by atoms with Crippen LogP contribution in [0, 0.1) is 5.92 Å². The summed E-state index contributed by atoms with van der Waals surface area (Å²) in [5.41, 5.74) is -0.490. The molecule has 2 aliphatic rings. The van der Waals surface area contributed by atoms with Gasteiger partial charge in [0.1, 0.15) is 5.60 Å². The first-order valence-electron chi connectivity index (χ1n) is 10.2. The Morgan fingerprint density at radius 1 is 1.15 bits per heavy atom. The topological polar surface area (TPSA) is 71.1 Å². The van der Waals surface area contributed by atoms with Crippen LogP contribution in [0.2, 0.25) is 0 Å². The molecule has 1 N–H and O–H groups in total. The number of hydrogen-bond acceptors (Lipinski definition) is 5. The fourth-order valence-electron chi connectivity index (χ4n) is 3.75. The van der Waals surface area contributed by atoms with E-state index in [2.05, 4.69) is 31.0 Å².